The lowest BCUT2D eigenvalue weighted by Gasteiger charge is -2.19. The highest BCUT2D eigenvalue weighted by atomic mass is 32.1. The van der Waals surface area contributed by atoms with Crippen LogP contribution < -0.4 is 10.6 Å². The number of hydrogen-bond donors (Lipinski definition) is 2. The summed E-state index contributed by atoms with van der Waals surface area (Å²) in [7, 11) is 5.55. The summed E-state index contributed by atoms with van der Waals surface area (Å²) in [6.45, 7) is 3.11. The average Bonchev–Trinajstić information content (AvgIpc) is 3.28. The van der Waals surface area contributed by atoms with Crippen molar-refractivity contribution in [3.05, 3.63) is 69.9 Å². The van der Waals surface area contributed by atoms with Gasteiger partial charge in [0.2, 0.25) is 0 Å². The van der Waals surface area contributed by atoms with E-state index in [-0.39, 0.29) is 17.4 Å². The summed E-state index contributed by atoms with van der Waals surface area (Å²) in [6.07, 6.45) is -2.02. The van der Waals surface area contributed by atoms with E-state index < -0.39 is 17.6 Å². The maximum atomic E-state index is 12.9. The van der Waals surface area contributed by atoms with Crippen LogP contribution in [0.25, 0.3) is 0 Å². The van der Waals surface area contributed by atoms with E-state index in [1.54, 1.807) is 30.1 Å². The van der Waals surface area contributed by atoms with Crippen molar-refractivity contribution in [2.75, 3.05) is 44.9 Å². The predicted octanol–water partition coefficient (Wildman–Crippen LogP) is 4.54. The molecule has 0 bridgehead atoms. The molecule has 0 unspecified atom stereocenters. The first-order valence-corrected chi connectivity index (χ1v) is 11.8. The molecule has 0 aliphatic carbocycles. The van der Waals surface area contributed by atoms with Crippen LogP contribution in [0.2, 0.25) is 0 Å². The van der Waals surface area contributed by atoms with Gasteiger partial charge in [0.25, 0.3) is 5.91 Å². The largest absolute Gasteiger partial charge is 0.416 e. The molecule has 2 aromatic heterocycles. The van der Waals surface area contributed by atoms with E-state index in [1.165, 1.54) is 17.5 Å². The molecule has 3 aromatic rings. The Balaban J connectivity index is 1.69. The molecular formula is C25H25F3N6O2S. The first kappa shape index (κ1) is 27.6. The molecule has 2 N–H and O–H groups in total. The summed E-state index contributed by atoms with van der Waals surface area (Å²) in [5.41, 5.74) is 0.676. The molecule has 1 aromatic carbocycles. The van der Waals surface area contributed by atoms with Crippen LogP contribution in [0.4, 0.5) is 28.9 Å². The van der Waals surface area contributed by atoms with Crippen LogP contribution >= 0.6 is 11.3 Å². The van der Waals surface area contributed by atoms with Gasteiger partial charge in [-0.15, -0.1) is 0 Å². The Kier molecular flexibility index (Phi) is 8.86. The molecule has 0 spiro atoms. The number of aryl methyl sites for hydroxylation is 1. The lowest BCUT2D eigenvalue weighted by Crippen LogP contribution is -2.36. The smallest absolute Gasteiger partial charge is 0.326 e. The van der Waals surface area contributed by atoms with Crippen molar-refractivity contribution in [1.82, 2.24) is 19.8 Å². The van der Waals surface area contributed by atoms with E-state index in [2.05, 4.69) is 32.4 Å². The van der Waals surface area contributed by atoms with E-state index in [1.807, 2.05) is 25.9 Å². The number of pyridine rings is 1. The van der Waals surface area contributed by atoms with Crippen LogP contribution in [0.15, 0.2) is 42.7 Å². The van der Waals surface area contributed by atoms with Crippen LogP contribution in [0, 0.1) is 18.8 Å². The van der Waals surface area contributed by atoms with Gasteiger partial charge in [-0.25, -0.2) is 14.8 Å². The van der Waals surface area contributed by atoms with Gasteiger partial charge in [-0.3, -0.25) is 10.1 Å². The van der Waals surface area contributed by atoms with Crippen LogP contribution in [0.5, 0.6) is 0 Å². The Morgan fingerprint density at radius 3 is 2.49 bits per heavy atom. The summed E-state index contributed by atoms with van der Waals surface area (Å²) in [5.74, 6) is 5.13. The van der Waals surface area contributed by atoms with Gasteiger partial charge in [0.05, 0.1) is 16.6 Å². The first-order chi connectivity index (χ1) is 17.4. The molecule has 3 rings (SSSR count). The molecule has 8 nitrogen and oxygen atoms in total. The van der Waals surface area contributed by atoms with E-state index in [9.17, 15) is 22.8 Å². The molecule has 3 amide bonds. The van der Waals surface area contributed by atoms with Crippen LogP contribution in [-0.4, -0.2) is 65.9 Å². The van der Waals surface area contributed by atoms with Gasteiger partial charge in [0.15, 0.2) is 5.13 Å². The quantitative estimate of drug-likeness (QED) is 0.457. The Hall–Kier alpha value is -3.95. The minimum Gasteiger partial charge on any atom is -0.326 e. The lowest BCUT2D eigenvalue weighted by molar-refractivity contribution is -0.137. The SMILES string of the molecule is Cc1ccc(C(=O)Nc2cc(C(F)(F)F)ccn2)cc1C#Cc1cnc(NC(=O)N(C)CCN(C)C)s1. The van der Waals surface area contributed by atoms with Gasteiger partial charge in [0.1, 0.15) is 5.82 Å². The minimum atomic E-state index is -4.55. The molecule has 37 heavy (non-hydrogen) atoms. The second kappa shape index (κ2) is 11.9. The third-order valence-corrected chi connectivity index (χ3v) is 5.93. The maximum Gasteiger partial charge on any atom is 0.416 e. The summed E-state index contributed by atoms with van der Waals surface area (Å²) in [4.78, 5) is 37.0. The third kappa shape index (κ3) is 8.03. The predicted molar refractivity (Wildman–Crippen MR) is 137 cm³/mol. The molecule has 2 heterocycles. The summed E-state index contributed by atoms with van der Waals surface area (Å²) in [6, 6.07) is 6.12. The molecule has 0 aliphatic heterocycles. The minimum absolute atomic E-state index is 0.209. The van der Waals surface area contributed by atoms with E-state index >= 15 is 0 Å². The monoisotopic (exact) mass is 530 g/mol. The zero-order chi connectivity index (χ0) is 27.2. The second-order valence-electron chi connectivity index (χ2n) is 8.35. The van der Waals surface area contributed by atoms with Crippen molar-refractivity contribution in [1.29, 1.82) is 0 Å². The number of carbonyl (C=O) groups is 2. The van der Waals surface area contributed by atoms with Crippen molar-refractivity contribution >= 4 is 34.2 Å². The van der Waals surface area contributed by atoms with Crippen molar-refractivity contribution < 1.29 is 22.8 Å². The van der Waals surface area contributed by atoms with Crippen LogP contribution in [-0.2, 0) is 6.18 Å². The summed E-state index contributed by atoms with van der Waals surface area (Å²) >= 11 is 1.21. The average molecular weight is 531 g/mol. The fourth-order valence-electron chi connectivity index (χ4n) is 2.92. The zero-order valence-electron chi connectivity index (χ0n) is 20.6. The fraction of sp³-hybridized carbons (Fsp3) is 0.280. The highest BCUT2D eigenvalue weighted by Crippen LogP contribution is 2.30. The number of hydrogen-bond acceptors (Lipinski definition) is 6. The zero-order valence-corrected chi connectivity index (χ0v) is 21.4. The number of rotatable bonds is 6. The fourth-order valence-corrected chi connectivity index (χ4v) is 3.58. The number of amides is 3. The van der Waals surface area contributed by atoms with Crippen LogP contribution in [0.3, 0.4) is 0 Å². The standard InChI is InChI=1S/C25H25F3N6O2S/c1-16-5-6-18(22(35)31-21-14-19(9-10-29-21)25(26,27)28)13-17(16)7-8-20-15-30-23(37-20)32-24(36)34(4)12-11-33(2)3/h5-6,9-10,13-15H,11-12H2,1-4H3,(H,29,31,35)(H,30,32,36). The van der Waals surface area contributed by atoms with Gasteiger partial charge in [0, 0.05) is 37.5 Å². The number of alkyl halides is 3. The Labute approximate surface area is 216 Å². The third-order valence-electron chi connectivity index (χ3n) is 5.10. The van der Waals surface area contributed by atoms with E-state index in [0.29, 0.717) is 22.1 Å². The van der Waals surface area contributed by atoms with Gasteiger partial charge in [-0.2, -0.15) is 13.2 Å². The number of benzene rings is 1. The van der Waals surface area contributed by atoms with Crippen molar-refractivity contribution in [2.24, 2.45) is 0 Å². The lowest BCUT2D eigenvalue weighted by atomic mass is 10.0. The van der Waals surface area contributed by atoms with Crippen molar-refractivity contribution in [2.45, 2.75) is 13.1 Å². The number of likely N-dealkylation sites (N-methyl/N-ethyl adjacent to an activating group) is 2. The number of nitrogens with zero attached hydrogens (tertiary/aromatic N) is 4. The summed E-state index contributed by atoms with van der Waals surface area (Å²) in [5, 5.41) is 5.53. The topological polar surface area (TPSA) is 90.5 Å². The van der Waals surface area contributed by atoms with Gasteiger partial charge in [-0.1, -0.05) is 23.3 Å². The number of thiazole rings is 1. The summed E-state index contributed by atoms with van der Waals surface area (Å²) < 4.78 is 38.8. The molecule has 12 heteroatoms. The van der Waals surface area contributed by atoms with Gasteiger partial charge >= 0.3 is 12.2 Å². The highest BCUT2D eigenvalue weighted by Gasteiger charge is 2.30. The molecule has 194 valence electrons. The van der Waals surface area contributed by atoms with Crippen molar-refractivity contribution in [3.63, 3.8) is 0 Å². The Morgan fingerprint density at radius 1 is 1.03 bits per heavy atom. The number of nitrogens with one attached hydrogen (secondary N) is 2. The van der Waals surface area contributed by atoms with Crippen LogP contribution in [0.1, 0.15) is 31.9 Å². The number of carbonyl (C=O) groups excluding carboxylic acids is 2. The Morgan fingerprint density at radius 2 is 1.78 bits per heavy atom. The molecule has 0 saturated heterocycles. The molecule has 0 radical (unpaired) electrons. The number of aromatic nitrogens is 2. The van der Waals surface area contributed by atoms with E-state index in [4.69, 9.17) is 0 Å². The molecule has 0 atom stereocenters. The Bertz CT molecular complexity index is 1340. The number of halogens is 3. The highest BCUT2D eigenvalue weighted by molar-refractivity contribution is 7.16. The maximum absolute atomic E-state index is 12.9. The molecule has 0 saturated carbocycles. The molecular weight excluding hydrogens is 505 g/mol. The number of anilines is 2. The number of urea groups is 1. The van der Waals surface area contributed by atoms with E-state index in [0.717, 1.165) is 30.4 Å². The normalized spacial score (nSPS) is 11.0. The van der Waals surface area contributed by atoms with Crippen molar-refractivity contribution in [3.8, 4) is 11.8 Å². The molecule has 0 fully saturated rings. The first-order valence-electron chi connectivity index (χ1n) is 11.0. The van der Waals surface area contributed by atoms with Gasteiger partial charge in [-0.05, 0) is 56.8 Å². The second-order valence-corrected chi connectivity index (χ2v) is 9.38. The van der Waals surface area contributed by atoms with Gasteiger partial charge < -0.3 is 15.1 Å². The molecule has 0 aliphatic rings.